The summed E-state index contributed by atoms with van der Waals surface area (Å²) in [5.41, 5.74) is 1.51. The summed E-state index contributed by atoms with van der Waals surface area (Å²) in [6, 6.07) is 4.24. The Balaban J connectivity index is 1.63. The number of halogens is 2. The van der Waals surface area contributed by atoms with Gasteiger partial charge in [-0.25, -0.2) is 13.6 Å². The van der Waals surface area contributed by atoms with Gasteiger partial charge in [0, 0.05) is 31.2 Å². The Labute approximate surface area is 142 Å². The minimum Gasteiger partial charge on any atom is -0.390 e. The lowest BCUT2D eigenvalue weighted by atomic mass is 10.1. The number of nitrogens with zero attached hydrogens (tertiary/aromatic N) is 3. The van der Waals surface area contributed by atoms with E-state index >= 15 is 0 Å². The molecule has 0 unspecified atom stereocenters. The Morgan fingerprint density at radius 3 is 2.68 bits per heavy atom. The van der Waals surface area contributed by atoms with Crippen LogP contribution in [0.1, 0.15) is 13.3 Å². The molecular formula is C16H17F2N5O2. The third kappa shape index (κ3) is 4.11. The van der Waals surface area contributed by atoms with Crippen molar-refractivity contribution < 1.29 is 18.4 Å². The van der Waals surface area contributed by atoms with Crippen molar-refractivity contribution in [2.45, 2.75) is 19.4 Å². The van der Waals surface area contributed by atoms with Gasteiger partial charge in [0.15, 0.2) is 0 Å². The molecule has 2 amide bonds. The van der Waals surface area contributed by atoms with E-state index in [0.29, 0.717) is 24.5 Å². The van der Waals surface area contributed by atoms with Crippen molar-refractivity contribution in [1.29, 1.82) is 0 Å². The van der Waals surface area contributed by atoms with Crippen LogP contribution in [0.3, 0.4) is 0 Å². The molecular weight excluding hydrogens is 332 g/mol. The average molecular weight is 349 g/mol. The highest BCUT2D eigenvalue weighted by molar-refractivity contribution is 5.89. The van der Waals surface area contributed by atoms with Crippen molar-refractivity contribution >= 4 is 17.6 Å². The van der Waals surface area contributed by atoms with Crippen LogP contribution in [0.4, 0.5) is 19.4 Å². The fourth-order valence-corrected chi connectivity index (χ4v) is 2.47. The van der Waals surface area contributed by atoms with Crippen LogP contribution in [0.2, 0.25) is 0 Å². The van der Waals surface area contributed by atoms with Crippen LogP contribution < -0.4 is 10.6 Å². The molecule has 1 aromatic heterocycles. The molecule has 1 aliphatic heterocycles. The summed E-state index contributed by atoms with van der Waals surface area (Å²) in [7, 11) is 1.62. The third-order valence-corrected chi connectivity index (χ3v) is 3.65. The van der Waals surface area contributed by atoms with Crippen LogP contribution in [-0.2, 0) is 11.9 Å². The van der Waals surface area contributed by atoms with E-state index in [1.165, 1.54) is 22.9 Å². The number of carbonyl (C=O) groups excluding carboxylic acids is 1. The van der Waals surface area contributed by atoms with E-state index in [0.717, 1.165) is 11.8 Å². The van der Waals surface area contributed by atoms with E-state index in [4.69, 9.17) is 4.84 Å². The van der Waals surface area contributed by atoms with Gasteiger partial charge >= 0.3 is 6.03 Å². The number of hydrogen-bond acceptors (Lipinski definition) is 4. The molecule has 3 rings (SSSR count). The molecule has 25 heavy (non-hydrogen) atoms. The van der Waals surface area contributed by atoms with Crippen LogP contribution in [0.25, 0.3) is 11.3 Å². The zero-order chi connectivity index (χ0) is 18.0. The second kappa shape index (κ2) is 6.88. The lowest BCUT2D eigenvalue weighted by Gasteiger charge is -2.10. The molecule has 0 aliphatic carbocycles. The number of hydrogen-bond donors (Lipinski definition) is 2. The number of anilines is 1. The molecule has 1 aliphatic rings. The SMILES string of the molecule is CC1=NO[C@H](CNC(=O)Nc2cc(-c3cc(F)cc(F)c3)nn2C)C1. The summed E-state index contributed by atoms with van der Waals surface area (Å²) in [4.78, 5) is 17.1. The highest BCUT2D eigenvalue weighted by atomic mass is 19.1. The zero-order valence-electron chi connectivity index (χ0n) is 13.7. The highest BCUT2D eigenvalue weighted by Crippen LogP contribution is 2.23. The second-order valence-corrected chi connectivity index (χ2v) is 5.79. The van der Waals surface area contributed by atoms with Gasteiger partial charge in [-0.15, -0.1) is 0 Å². The predicted octanol–water partition coefficient (Wildman–Crippen LogP) is 2.65. The van der Waals surface area contributed by atoms with E-state index in [1.54, 1.807) is 7.05 Å². The first-order chi connectivity index (χ1) is 11.9. The van der Waals surface area contributed by atoms with Gasteiger partial charge < -0.3 is 10.2 Å². The predicted molar refractivity (Wildman–Crippen MR) is 88.2 cm³/mol. The van der Waals surface area contributed by atoms with Crippen LogP contribution >= 0.6 is 0 Å². The lowest BCUT2D eigenvalue weighted by Crippen LogP contribution is -2.35. The number of amides is 2. The lowest BCUT2D eigenvalue weighted by molar-refractivity contribution is 0.0870. The Morgan fingerprint density at radius 2 is 2.04 bits per heavy atom. The number of nitrogens with one attached hydrogen (secondary N) is 2. The molecule has 2 N–H and O–H groups in total. The Hall–Kier alpha value is -2.97. The van der Waals surface area contributed by atoms with E-state index in [9.17, 15) is 13.6 Å². The Morgan fingerprint density at radius 1 is 1.32 bits per heavy atom. The number of rotatable bonds is 4. The van der Waals surface area contributed by atoms with Gasteiger partial charge in [-0.2, -0.15) is 5.10 Å². The first kappa shape index (κ1) is 16.9. The molecule has 132 valence electrons. The topological polar surface area (TPSA) is 80.5 Å². The fourth-order valence-electron chi connectivity index (χ4n) is 2.47. The van der Waals surface area contributed by atoms with Crippen LogP contribution in [0.15, 0.2) is 29.4 Å². The van der Waals surface area contributed by atoms with Gasteiger partial charge in [-0.1, -0.05) is 5.16 Å². The molecule has 0 radical (unpaired) electrons. The van der Waals surface area contributed by atoms with Crippen LogP contribution in [0, 0.1) is 11.6 Å². The van der Waals surface area contributed by atoms with Crippen molar-refractivity contribution in [3.05, 3.63) is 35.9 Å². The molecule has 0 spiro atoms. The zero-order valence-corrected chi connectivity index (χ0v) is 13.7. The molecule has 7 nitrogen and oxygen atoms in total. The average Bonchev–Trinajstić information content (AvgIpc) is 3.11. The van der Waals surface area contributed by atoms with Crippen LogP contribution in [-0.4, -0.2) is 34.2 Å². The van der Waals surface area contributed by atoms with E-state index in [2.05, 4.69) is 20.9 Å². The van der Waals surface area contributed by atoms with Crippen molar-refractivity contribution in [3.63, 3.8) is 0 Å². The largest absolute Gasteiger partial charge is 0.390 e. The summed E-state index contributed by atoms with van der Waals surface area (Å²) < 4.78 is 28.1. The van der Waals surface area contributed by atoms with Gasteiger partial charge in [0.05, 0.1) is 18.0 Å². The number of aromatic nitrogens is 2. The molecule has 0 bridgehead atoms. The standard InChI is InChI=1S/C16H17F2N5O2/c1-9-3-13(25-22-9)8-19-16(24)20-15-7-14(21-23(15)2)10-4-11(17)6-12(18)5-10/h4-7,13H,3,8H2,1-2H3,(H2,19,20,24)/t13-/m0/s1. The maximum absolute atomic E-state index is 13.3. The van der Waals surface area contributed by atoms with Crippen molar-refractivity contribution in [3.8, 4) is 11.3 Å². The first-order valence-corrected chi connectivity index (χ1v) is 7.65. The fraction of sp³-hybridized carbons (Fsp3) is 0.312. The second-order valence-electron chi connectivity index (χ2n) is 5.79. The first-order valence-electron chi connectivity index (χ1n) is 7.65. The molecule has 2 heterocycles. The van der Waals surface area contributed by atoms with Gasteiger partial charge in [0.25, 0.3) is 0 Å². The maximum atomic E-state index is 13.3. The smallest absolute Gasteiger partial charge is 0.320 e. The summed E-state index contributed by atoms with van der Waals surface area (Å²) >= 11 is 0. The summed E-state index contributed by atoms with van der Waals surface area (Å²) in [6.45, 7) is 2.17. The monoisotopic (exact) mass is 349 g/mol. The normalized spacial score (nSPS) is 16.3. The van der Waals surface area contributed by atoms with Crippen LogP contribution in [0.5, 0.6) is 0 Å². The maximum Gasteiger partial charge on any atom is 0.320 e. The van der Waals surface area contributed by atoms with Crippen molar-refractivity contribution in [1.82, 2.24) is 15.1 Å². The Kier molecular flexibility index (Phi) is 4.64. The van der Waals surface area contributed by atoms with E-state index < -0.39 is 17.7 Å². The quantitative estimate of drug-likeness (QED) is 0.890. The van der Waals surface area contributed by atoms with Gasteiger partial charge in [0.2, 0.25) is 0 Å². The number of carbonyl (C=O) groups is 1. The molecule has 1 atom stereocenters. The number of aryl methyl sites for hydroxylation is 1. The van der Waals surface area contributed by atoms with Gasteiger partial charge in [-0.3, -0.25) is 10.00 Å². The number of urea groups is 1. The Bertz CT molecular complexity index is 814. The third-order valence-electron chi connectivity index (χ3n) is 3.65. The van der Waals surface area contributed by atoms with E-state index in [-0.39, 0.29) is 11.7 Å². The summed E-state index contributed by atoms with van der Waals surface area (Å²) in [5, 5.41) is 13.3. The van der Waals surface area contributed by atoms with Crippen molar-refractivity contribution in [2.24, 2.45) is 12.2 Å². The van der Waals surface area contributed by atoms with Crippen molar-refractivity contribution in [2.75, 3.05) is 11.9 Å². The number of oxime groups is 1. The summed E-state index contributed by atoms with van der Waals surface area (Å²) in [5.74, 6) is -0.999. The molecule has 1 aromatic carbocycles. The molecule has 0 fully saturated rings. The molecule has 2 aromatic rings. The van der Waals surface area contributed by atoms with Gasteiger partial charge in [-0.05, 0) is 19.1 Å². The highest BCUT2D eigenvalue weighted by Gasteiger charge is 2.19. The van der Waals surface area contributed by atoms with Gasteiger partial charge in [0.1, 0.15) is 23.6 Å². The molecule has 0 saturated carbocycles. The summed E-state index contributed by atoms with van der Waals surface area (Å²) in [6.07, 6.45) is 0.490. The number of benzene rings is 1. The van der Waals surface area contributed by atoms with E-state index in [1.807, 2.05) is 6.92 Å². The molecule has 0 saturated heterocycles. The molecule has 9 heteroatoms. The minimum atomic E-state index is -0.693. The minimum absolute atomic E-state index is 0.178.